The molecular formula is C25H18ClN5O2S. The molecule has 34 heavy (non-hydrogen) atoms. The molecule has 0 aromatic heterocycles. The number of halogens is 1. The van der Waals surface area contributed by atoms with Crippen molar-refractivity contribution in [2.45, 2.75) is 18.3 Å². The van der Waals surface area contributed by atoms with Gasteiger partial charge in [-0.3, -0.25) is 14.9 Å². The lowest BCUT2D eigenvalue weighted by atomic mass is 9.97. The second kappa shape index (κ2) is 7.72. The van der Waals surface area contributed by atoms with Crippen LogP contribution >= 0.6 is 23.4 Å². The summed E-state index contributed by atoms with van der Waals surface area (Å²) in [4.78, 5) is 31.8. The van der Waals surface area contributed by atoms with E-state index in [0.29, 0.717) is 37.8 Å². The number of rotatable bonds is 2. The number of carbonyl (C=O) groups is 2. The van der Waals surface area contributed by atoms with Crippen LogP contribution in [0.1, 0.15) is 16.7 Å². The van der Waals surface area contributed by atoms with Crippen molar-refractivity contribution in [1.82, 2.24) is 10.3 Å². The van der Waals surface area contributed by atoms with Crippen molar-refractivity contribution in [1.29, 1.82) is 0 Å². The number of fused-ring (bicyclic) bond motifs is 5. The number of thioether (sulfide) groups is 1. The highest BCUT2D eigenvalue weighted by Crippen LogP contribution is 2.46. The van der Waals surface area contributed by atoms with Gasteiger partial charge in [0.1, 0.15) is 5.70 Å². The van der Waals surface area contributed by atoms with Gasteiger partial charge in [0, 0.05) is 27.2 Å². The van der Waals surface area contributed by atoms with Crippen LogP contribution in [0.2, 0.25) is 5.02 Å². The lowest BCUT2D eigenvalue weighted by Gasteiger charge is -2.39. The van der Waals surface area contributed by atoms with Crippen LogP contribution in [0, 0.1) is 6.92 Å². The summed E-state index contributed by atoms with van der Waals surface area (Å²) < 4.78 is 0. The minimum Gasteiger partial charge on any atom is -0.321 e. The standard InChI is InChI=1S/C25H18ClN5O2S/c1-14-6-8-15(9-7-14)13-34-24-28-22(32)21-17-4-2-3-5-19(17)29-25(31(21)30-24)18-12-16(26)10-11-20(18)27-23(25)33/h2-12H,13H2,1H3,(H,27,33)(H,28,30,32). The SMILES string of the molecule is Cc1ccc(CSC2=NN3C(=c4ccccc4=NC34C(=O)Nc3ccc(Cl)cc34)C(=O)N2)cc1. The minimum absolute atomic E-state index is 0.272. The fraction of sp³-hybridized carbons (Fsp3) is 0.120. The topological polar surface area (TPSA) is 86.2 Å². The zero-order valence-electron chi connectivity index (χ0n) is 18.0. The highest BCUT2D eigenvalue weighted by atomic mass is 35.5. The molecule has 3 aromatic carbocycles. The summed E-state index contributed by atoms with van der Waals surface area (Å²) in [6.07, 6.45) is 0. The molecule has 9 heteroatoms. The number of benzene rings is 3. The largest absolute Gasteiger partial charge is 0.321 e. The molecule has 0 fully saturated rings. The Kier molecular flexibility index (Phi) is 4.75. The Hall–Kier alpha value is -3.62. The van der Waals surface area contributed by atoms with E-state index in [1.807, 2.05) is 43.3 Å². The van der Waals surface area contributed by atoms with Crippen LogP contribution in [0.25, 0.3) is 5.70 Å². The molecule has 3 aliphatic heterocycles. The maximum Gasteiger partial charge on any atom is 0.279 e. The van der Waals surface area contributed by atoms with E-state index in [-0.39, 0.29) is 11.6 Å². The predicted molar refractivity (Wildman–Crippen MR) is 132 cm³/mol. The summed E-state index contributed by atoms with van der Waals surface area (Å²) in [6.45, 7) is 2.04. The second-order valence-electron chi connectivity index (χ2n) is 8.24. The Morgan fingerprint density at radius 2 is 1.82 bits per heavy atom. The van der Waals surface area contributed by atoms with Crippen LogP contribution in [-0.4, -0.2) is 22.0 Å². The molecule has 0 bridgehead atoms. The van der Waals surface area contributed by atoms with E-state index >= 15 is 0 Å². The number of nitrogens with zero attached hydrogens (tertiary/aromatic N) is 3. The van der Waals surface area contributed by atoms with Crippen LogP contribution in [0.5, 0.6) is 0 Å². The van der Waals surface area contributed by atoms with Gasteiger partial charge in [-0.1, -0.05) is 71.4 Å². The van der Waals surface area contributed by atoms with Crippen molar-refractivity contribution in [3.63, 3.8) is 0 Å². The Morgan fingerprint density at radius 3 is 2.65 bits per heavy atom. The van der Waals surface area contributed by atoms with Crippen LogP contribution in [0.3, 0.4) is 0 Å². The van der Waals surface area contributed by atoms with E-state index in [2.05, 4.69) is 10.6 Å². The fourth-order valence-corrected chi connectivity index (χ4v) is 5.32. The van der Waals surface area contributed by atoms with E-state index in [1.54, 1.807) is 30.3 Å². The van der Waals surface area contributed by atoms with Gasteiger partial charge in [-0.15, -0.1) is 5.10 Å². The Morgan fingerprint density at radius 1 is 1.03 bits per heavy atom. The van der Waals surface area contributed by atoms with Gasteiger partial charge in [0.15, 0.2) is 5.17 Å². The molecule has 6 rings (SSSR count). The van der Waals surface area contributed by atoms with Crippen LogP contribution in [0.4, 0.5) is 5.69 Å². The Balaban J connectivity index is 1.52. The van der Waals surface area contributed by atoms with Crippen molar-refractivity contribution >= 4 is 51.7 Å². The molecule has 0 aliphatic carbocycles. The molecule has 0 radical (unpaired) electrons. The van der Waals surface area contributed by atoms with Crippen LogP contribution in [0.15, 0.2) is 76.8 Å². The number of amides is 2. The summed E-state index contributed by atoms with van der Waals surface area (Å²) in [6, 6.07) is 20.6. The van der Waals surface area contributed by atoms with E-state index < -0.39 is 11.6 Å². The number of amidine groups is 1. The number of hydrogen-bond donors (Lipinski definition) is 2. The first-order valence-electron chi connectivity index (χ1n) is 10.6. The molecule has 3 heterocycles. The van der Waals surface area contributed by atoms with Crippen LogP contribution in [-0.2, 0) is 21.0 Å². The number of hydrazone groups is 1. The first-order chi connectivity index (χ1) is 16.5. The van der Waals surface area contributed by atoms with Crippen molar-refractivity contribution in [3.05, 3.63) is 99.0 Å². The normalized spacial score (nSPS) is 20.1. The van der Waals surface area contributed by atoms with E-state index in [1.165, 1.54) is 22.3 Å². The third-order valence-corrected chi connectivity index (χ3v) is 7.17. The van der Waals surface area contributed by atoms with Gasteiger partial charge in [-0.25, -0.2) is 10.0 Å². The minimum atomic E-state index is -1.57. The summed E-state index contributed by atoms with van der Waals surface area (Å²) in [7, 11) is 0. The smallest absolute Gasteiger partial charge is 0.279 e. The van der Waals surface area contributed by atoms with E-state index in [0.717, 1.165) is 5.56 Å². The average molecular weight is 488 g/mol. The lowest BCUT2D eigenvalue weighted by Crippen LogP contribution is -2.59. The second-order valence-corrected chi connectivity index (χ2v) is 9.64. The van der Waals surface area contributed by atoms with Gasteiger partial charge in [0.05, 0.1) is 5.36 Å². The predicted octanol–water partition coefficient (Wildman–Crippen LogP) is 2.83. The molecule has 1 unspecified atom stereocenters. The van der Waals surface area contributed by atoms with Gasteiger partial charge in [-0.05, 0) is 36.8 Å². The Bertz CT molecular complexity index is 1540. The summed E-state index contributed by atoms with van der Waals surface area (Å²) in [5.41, 5.74) is 2.12. The molecule has 2 N–H and O–H groups in total. The van der Waals surface area contributed by atoms with Crippen molar-refractivity contribution in [2.75, 3.05) is 5.32 Å². The molecule has 3 aromatic rings. The average Bonchev–Trinajstić information content (AvgIpc) is 3.10. The van der Waals surface area contributed by atoms with Gasteiger partial charge < -0.3 is 5.32 Å². The summed E-state index contributed by atoms with van der Waals surface area (Å²) >= 11 is 7.70. The first-order valence-corrected chi connectivity index (χ1v) is 12.0. The highest BCUT2D eigenvalue weighted by Gasteiger charge is 2.56. The molecule has 1 atom stereocenters. The monoisotopic (exact) mass is 487 g/mol. The van der Waals surface area contributed by atoms with Crippen molar-refractivity contribution in [2.24, 2.45) is 10.1 Å². The van der Waals surface area contributed by atoms with Crippen molar-refractivity contribution in [3.8, 4) is 0 Å². The number of carbonyl (C=O) groups excluding carboxylic acids is 2. The number of para-hydroxylation sites is 1. The molecule has 7 nitrogen and oxygen atoms in total. The maximum absolute atomic E-state index is 13.5. The van der Waals surface area contributed by atoms with E-state index in [9.17, 15) is 9.59 Å². The number of aryl methyl sites for hydroxylation is 1. The van der Waals surface area contributed by atoms with Gasteiger partial charge in [0.2, 0.25) is 0 Å². The molecular weight excluding hydrogens is 470 g/mol. The number of nitrogens with one attached hydrogen (secondary N) is 2. The first kappa shape index (κ1) is 20.9. The Labute approximate surface area is 204 Å². The zero-order valence-corrected chi connectivity index (χ0v) is 19.6. The van der Waals surface area contributed by atoms with Gasteiger partial charge >= 0.3 is 0 Å². The zero-order chi connectivity index (χ0) is 23.4. The molecule has 3 aliphatic rings. The quantitative estimate of drug-likeness (QED) is 0.582. The molecule has 2 amide bonds. The third kappa shape index (κ3) is 3.13. The van der Waals surface area contributed by atoms with Crippen molar-refractivity contribution < 1.29 is 9.59 Å². The lowest BCUT2D eigenvalue weighted by molar-refractivity contribution is -0.127. The third-order valence-electron chi connectivity index (χ3n) is 6.00. The fourth-order valence-electron chi connectivity index (χ4n) is 4.35. The van der Waals surface area contributed by atoms with Gasteiger partial charge in [-0.2, -0.15) is 0 Å². The number of hydrogen-bond acceptors (Lipinski definition) is 6. The molecule has 0 saturated carbocycles. The maximum atomic E-state index is 13.5. The highest BCUT2D eigenvalue weighted by molar-refractivity contribution is 8.13. The van der Waals surface area contributed by atoms with E-state index in [4.69, 9.17) is 21.7 Å². The van der Waals surface area contributed by atoms with Gasteiger partial charge in [0.25, 0.3) is 17.5 Å². The summed E-state index contributed by atoms with van der Waals surface area (Å²) in [5.74, 6) is -0.123. The van der Waals surface area contributed by atoms with Crippen LogP contribution < -0.4 is 21.2 Å². The molecule has 0 saturated heterocycles. The number of anilines is 1. The summed E-state index contributed by atoms with van der Waals surface area (Å²) in [5, 5.41) is 14.0. The molecule has 1 spiro atoms. The molecule has 168 valence electrons.